The minimum atomic E-state index is 0.493. The van der Waals surface area contributed by atoms with E-state index < -0.39 is 0 Å². The highest BCUT2D eigenvalue weighted by molar-refractivity contribution is 5.70. The number of hydrogen-bond acceptors (Lipinski definition) is 3. The molecule has 0 aliphatic carbocycles. The van der Waals surface area contributed by atoms with Gasteiger partial charge in [0.05, 0.1) is 12.8 Å². The third-order valence-electron chi connectivity index (χ3n) is 3.65. The second-order valence-corrected chi connectivity index (χ2v) is 5.26. The van der Waals surface area contributed by atoms with Gasteiger partial charge in [-0.1, -0.05) is 48.5 Å². The predicted octanol–water partition coefficient (Wildman–Crippen LogP) is 4.52. The maximum Gasteiger partial charge on any atom is 0.143 e. The van der Waals surface area contributed by atoms with E-state index in [-0.39, 0.29) is 0 Å². The molecular weight excluding hydrogens is 286 g/mol. The summed E-state index contributed by atoms with van der Waals surface area (Å²) in [6, 6.07) is 23.8. The third kappa shape index (κ3) is 3.64. The van der Waals surface area contributed by atoms with Gasteiger partial charge in [-0.15, -0.1) is 0 Å². The predicted molar refractivity (Wildman–Crippen MR) is 93.6 cm³/mol. The van der Waals surface area contributed by atoms with Crippen LogP contribution in [0, 0.1) is 0 Å². The topological polar surface area (TPSA) is 44.5 Å². The quantitative estimate of drug-likeness (QED) is 0.705. The van der Waals surface area contributed by atoms with Crippen LogP contribution in [0.2, 0.25) is 0 Å². The van der Waals surface area contributed by atoms with Crippen molar-refractivity contribution in [2.45, 2.75) is 6.61 Å². The molecule has 0 radical (unpaired) electrons. The van der Waals surface area contributed by atoms with Crippen molar-refractivity contribution in [1.82, 2.24) is 0 Å². The maximum atomic E-state index is 6.04. The van der Waals surface area contributed by atoms with Gasteiger partial charge in [-0.3, -0.25) is 0 Å². The Bertz CT molecular complexity index is 785. The lowest BCUT2D eigenvalue weighted by Crippen LogP contribution is -1.99. The molecule has 0 bridgehead atoms. The summed E-state index contributed by atoms with van der Waals surface area (Å²) in [5, 5.41) is 0. The highest BCUT2D eigenvalue weighted by Crippen LogP contribution is 2.31. The Morgan fingerprint density at radius 3 is 2.39 bits per heavy atom. The largest absolute Gasteiger partial charge is 0.497 e. The summed E-state index contributed by atoms with van der Waals surface area (Å²) < 4.78 is 11.2. The fourth-order valence-corrected chi connectivity index (χ4v) is 2.38. The van der Waals surface area contributed by atoms with Gasteiger partial charge >= 0.3 is 0 Å². The number of rotatable bonds is 5. The van der Waals surface area contributed by atoms with Gasteiger partial charge in [-0.2, -0.15) is 0 Å². The number of methoxy groups -OCH3 is 1. The smallest absolute Gasteiger partial charge is 0.143 e. The molecule has 0 saturated carbocycles. The minimum Gasteiger partial charge on any atom is -0.497 e. The van der Waals surface area contributed by atoms with Crippen molar-refractivity contribution in [3.05, 3.63) is 78.4 Å². The van der Waals surface area contributed by atoms with Crippen LogP contribution in [0.25, 0.3) is 11.1 Å². The van der Waals surface area contributed by atoms with Crippen molar-refractivity contribution in [2.75, 3.05) is 12.8 Å². The second-order valence-electron chi connectivity index (χ2n) is 5.26. The van der Waals surface area contributed by atoms with Crippen LogP contribution >= 0.6 is 0 Å². The van der Waals surface area contributed by atoms with Crippen molar-refractivity contribution in [2.24, 2.45) is 0 Å². The fraction of sp³-hybridized carbons (Fsp3) is 0.100. The zero-order chi connectivity index (χ0) is 16.1. The van der Waals surface area contributed by atoms with E-state index in [2.05, 4.69) is 0 Å². The Hall–Kier alpha value is -2.94. The highest BCUT2D eigenvalue weighted by atomic mass is 16.5. The molecule has 0 heterocycles. The third-order valence-corrected chi connectivity index (χ3v) is 3.65. The van der Waals surface area contributed by atoms with Crippen LogP contribution in [-0.2, 0) is 6.61 Å². The maximum absolute atomic E-state index is 6.04. The zero-order valence-electron chi connectivity index (χ0n) is 13.0. The molecule has 3 heteroatoms. The molecule has 2 N–H and O–H groups in total. The Morgan fingerprint density at radius 1 is 0.826 bits per heavy atom. The lowest BCUT2D eigenvalue weighted by Gasteiger charge is -2.11. The van der Waals surface area contributed by atoms with Gasteiger partial charge in [0, 0.05) is 0 Å². The summed E-state index contributed by atoms with van der Waals surface area (Å²) >= 11 is 0. The average molecular weight is 305 g/mol. The first kappa shape index (κ1) is 15.0. The lowest BCUT2D eigenvalue weighted by molar-refractivity contribution is 0.308. The summed E-state index contributed by atoms with van der Waals surface area (Å²) in [5.41, 5.74) is 9.89. The molecule has 0 unspecified atom stereocenters. The first-order valence-electron chi connectivity index (χ1n) is 7.47. The molecule has 3 nitrogen and oxygen atoms in total. The number of nitrogen functional groups attached to an aromatic ring is 1. The van der Waals surface area contributed by atoms with E-state index in [9.17, 15) is 0 Å². The molecule has 0 atom stereocenters. The molecule has 0 saturated heterocycles. The minimum absolute atomic E-state index is 0.493. The van der Waals surface area contributed by atoms with Gasteiger partial charge in [-0.05, 0) is 41.0 Å². The van der Waals surface area contributed by atoms with Gasteiger partial charge in [0.1, 0.15) is 18.1 Å². The van der Waals surface area contributed by atoms with E-state index in [1.165, 1.54) is 0 Å². The molecule has 0 fully saturated rings. The summed E-state index contributed by atoms with van der Waals surface area (Å²) in [4.78, 5) is 0. The average Bonchev–Trinajstić information content (AvgIpc) is 2.62. The molecular formula is C20H19NO2. The fourth-order valence-electron chi connectivity index (χ4n) is 2.38. The van der Waals surface area contributed by atoms with Crippen LogP contribution < -0.4 is 15.2 Å². The summed E-state index contributed by atoms with van der Waals surface area (Å²) in [6.45, 7) is 0.493. The van der Waals surface area contributed by atoms with Crippen molar-refractivity contribution < 1.29 is 9.47 Å². The molecule has 0 spiro atoms. The molecule has 0 aliphatic rings. The molecule has 116 valence electrons. The van der Waals surface area contributed by atoms with Crippen molar-refractivity contribution in [3.63, 3.8) is 0 Å². The van der Waals surface area contributed by atoms with Gasteiger partial charge in [0.15, 0.2) is 0 Å². The Kier molecular flexibility index (Phi) is 4.48. The van der Waals surface area contributed by atoms with Crippen molar-refractivity contribution in [1.29, 1.82) is 0 Å². The molecule has 0 amide bonds. The number of ether oxygens (including phenoxy) is 2. The van der Waals surface area contributed by atoms with Gasteiger partial charge < -0.3 is 15.2 Å². The molecule has 3 aromatic carbocycles. The van der Waals surface area contributed by atoms with Crippen LogP contribution in [0.1, 0.15) is 5.56 Å². The van der Waals surface area contributed by atoms with E-state index in [0.717, 1.165) is 22.4 Å². The normalized spacial score (nSPS) is 10.3. The molecule has 0 aromatic heterocycles. The first-order chi connectivity index (χ1) is 11.3. The standard InChI is InChI=1S/C20H19NO2/c1-22-18-9-5-8-16(12-18)17-10-11-19(21)20(13-17)23-14-15-6-3-2-4-7-15/h2-13H,14,21H2,1H3. The van der Waals surface area contributed by atoms with Crippen LogP contribution in [0.5, 0.6) is 11.5 Å². The summed E-state index contributed by atoms with van der Waals surface area (Å²) in [5.74, 6) is 1.51. The number of nitrogens with two attached hydrogens (primary N) is 1. The van der Waals surface area contributed by atoms with Gasteiger partial charge in [0.2, 0.25) is 0 Å². The van der Waals surface area contributed by atoms with E-state index in [0.29, 0.717) is 18.0 Å². The lowest BCUT2D eigenvalue weighted by atomic mass is 10.0. The molecule has 3 aromatic rings. The van der Waals surface area contributed by atoms with Crippen LogP contribution in [-0.4, -0.2) is 7.11 Å². The Morgan fingerprint density at radius 2 is 1.61 bits per heavy atom. The molecule has 0 aliphatic heterocycles. The van der Waals surface area contributed by atoms with E-state index in [1.807, 2.05) is 72.8 Å². The second kappa shape index (κ2) is 6.88. The zero-order valence-corrected chi connectivity index (χ0v) is 13.0. The van der Waals surface area contributed by atoms with Crippen molar-refractivity contribution >= 4 is 5.69 Å². The monoisotopic (exact) mass is 305 g/mol. The SMILES string of the molecule is COc1cccc(-c2ccc(N)c(OCc3ccccc3)c2)c1. The highest BCUT2D eigenvalue weighted by Gasteiger charge is 2.06. The first-order valence-corrected chi connectivity index (χ1v) is 7.47. The number of benzene rings is 3. The van der Waals surface area contributed by atoms with E-state index >= 15 is 0 Å². The van der Waals surface area contributed by atoms with Crippen molar-refractivity contribution in [3.8, 4) is 22.6 Å². The van der Waals surface area contributed by atoms with Crippen LogP contribution in [0.3, 0.4) is 0 Å². The summed E-state index contributed by atoms with van der Waals surface area (Å²) in [6.07, 6.45) is 0. The molecule has 3 rings (SSSR count). The summed E-state index contributed by atoms with van der Waals surface area (Å²) in [7, 11) is 1.66. The molecule has 23 heavy (non-hydrogen) atoms. The van der Waals surface area contributed by atoms with Crippen LogP contribution in [0.4, 0.5) is 5.69 Å². The van der Waals surface area contributed by atoms with Gasteiger partial charge in [0.25, 0.3) is 0 Å². The number of anilines is 1. The Labute approximate surface area is 136 Å². The van der Waals surface area contributed by atoms with E-state index in [1.54, 1.807) is 7.11 Å². The van der Waals surface area contributed by atoms with Gasteiger partial charge in [-0.25, -0.2) is 0 Å². The number of hydrogen-bond donors (Lipinski definition) is 1. The Balaban J connectivity index is 1.84. The van der Waals surface area contributed by atoms with Crippen LogP contribution in [0.15, 0.2) is 72.8 Å². The van der Waals surface area contributed by atoms with E-state index in [4.69, 9.17) is 15.2 Å².